The molecule has 0 saturated heterocycles. The van der Waals surface area contributed by atoms with Crippen molar-refractivity contribution in [2.75, 3.05) is 25.0 Å². The third-order valence-electron chi connectivity index (χ3n) is 6.40. The van der Waals surface area contributed by atoms with Gasteiger partial charge in [0.15, 0.2) is 0 Å². The van der Waals surface area contributed by atoms with E-state index in [2.05, 4.69) is 54.4 Å². The fourth-order valence-corrected chi connectivity index (χ4v) is 4.56. The molecule has 0 aromatic heterocycles. The zero-order valence-corrected chi connectivity index (χ0v) is 16.5. The van der Waals surface area contributed by atoms with Gasteiger partial charge in [-0.15, -0.1) is 0 Å². The minimum absolute atomic E-state index is 0.173. The molecule has 1 aliphatic heterocycles. The van der Waals surface area contributed by atoms with Crippen LogP contribution in [0.25, 0.3) is 0 Å². The Morgan fingerprint density at radius 3 is 2.59 bits per heavy atom. The van der Waals surface area contributed by atoms with Crippen LogP contribution >= 0.6 is 0 Å². The molecule has 1 N–H and O–H groups in total. The summed E-state index contributed by atoms with van der Waals surface area (Å²) in [5, 5.41) is 3.07. The minimum Gasteiger partial charge on any atom is -0.325 e. The average Bonchev–Trinajstić information content (AvgIpc) is 3.39. The number of rotatable bonds is 8. The van der Waals surface area contributed by atoms with Gasteiger partial charge in [-0.25, -0.2) is 0 Å². The summed E-state index contributed by atoms with van der Waals surface area (Å²) >= 11 is 0. The van der Waals surface area contributed by atoms with Gasteiger partial charge < -0.3 is 10.2 Å². The minimum atomic E-state index is -0.322. The van der Waals surface area contributed by atoms with Crippen molar-refractivity contribution in [3.8, 4) is 0 Å². The number of para-hydroxylation sites is 1. The lowest BCUT2D eigenvalue weighted by Crippen LogP contribution is -2.26. The number of fused-ring (bicyclic) bond motifs is 2. The van der Waals surface area contributed by atoms with Gasteiger partial charge in [0, 0.05) is 18.2 Å². The van der Waals surface area contributed by atoms with E-state index in [1.165, 1.54) is 36.1 Å². The van der Waals surface area contributed by atoms with Gasteiger partial charge in [0.2, 0.25) is 5.91 Å². The lowest BCUT2D eigenvalue weighted by atomic mass is 9.92. The van der Waals surface area contributed by atoms with E-state index in [9.17, 15) is 4.79 Å². The molecule has 0 radical (unpaired) electrons. The molecular weight excluding hydrogens is 332 g/mol. The summed E-state index contributed by atoms with van der Waals surface area (Å²) in [5.41, 5.74) is 4.53. The van der Waals surface area contributed by atoms with Crippen LogP contribution in [0.2, 0.25) is 0 Å². The Balaban J connectivity index is 1.42. The van der Waals surface area contributed by atoms with Gasteiger partial charge in [-0.3, -0.25) is 4.79 Å². The topological polar surface area (TPSA) is 32.3 Å². The first-order valence-electron chi connectivity index (χ1n) is 10.4. The molecule has 3 nitrogen and oxygen atoms in total. The van der Waals surface area contributed by atoms with Gasteiger partial charge in [0.25, 0.3) is 0 Å². The number of amides is 1. The van der Waals surface area contributed by atoms with Crippen molar-refractivity contribution in [1.82, 2.24) is 4.90 Å². The van der Waals surface area contributed by atoms with Crippen molar-refractivity contribution < 1.29 is 4.79 Å². The second kappa shape index (κ2) is 7.47. The first-order valence-corrected chi connectivity index (χ1v) is 10.4. The van der Waals surface area contributed by atoms with Crippen LogP contribution in [0.1, 0.15) is 55.7 Å². The average molecular weight is 363 g/mol. The number of carbonyl (C=O) groups is 1. The van der Waals surface area contributed by atoms with Gasteiger partial charge in [-0.05, 0) is 55.1 Å². The predicted molar refractivity (Wildman–Crippen MR) is 111 cm³/mol. The van der Waals surface area contributed by atoms with Crippen molar-refractivity contribution in [2.24, 2.45) is 0 Å². The van der Waals surface area contributed by atoms with Crippen molar-refractivity contribution in [3.05, 3.63) is 65.2 Å². The first-order chi connectivity index (χ1) is 13.2. The highest BCUT2D eigenvalue weighted by Crippen LogP contribution is 2.64. The lowest BCUT2D eigenvalue weighted by Gasteiger charge is -2.20. The lowest BCUT2D eigenvalue weighted by molar-refractivity contribution is -0.118. The Labute approximate surface area is 162 Å². The molecule has 27 heavy (non-hydrogen) atoms. The van der Waals surface area contributed by atoms with Crippen LogP contribution < -0.4 is 5.32 Å². The number of unbranched alkanes of at least 4 members (excludes halogenated alkanes) is 1. The third kappa shape index (κ3) is 3.29. The Hall–Kier alpha value is -2.13. The molecule has 2 aromatic rings. The fourth-order valence-electron chi connectivity index (χ4n) is 4.56. The number of likely N-dealkylation sites (N-methyl/N-ethyl adjacent to an activating group) is 1. The molecule has 1 fully saturated rings. The van der Waals surface area contributed by atoms with E-state index in [0.29, 0.717) is 5.92 Å². The standard InChI is InChI=1S/C24H30N2O/c1-3-5-15-26(4-2)16-14-18-10-12-19(13-11-18)21-17-24(21)20-8-6-7-9-22(20)25-23(24)27/h6-13,21H,3-5,14-17H2,1-2H3,(H,25,27). The Bertz CT molecular complexity index is 813. The molecule has 0 bridgehead atoms. The molecule has 1 spiro atoms. The molecule has 1 saturated carbocycles. The summed E-state index contributed by atoms with van der Waals surface area (Å²) < 4.78 is 0. The summed E-state index contributed by atoms with van der Waals surface area (Å²) in [7, 11) is 0. The van der Waals surface area contributed by atoms with Crippen molar-refractivity contribution in [1.29, 1.82) is 0 Å². The zero-order valence-electron chi connectivity index (χ0n) is 16.5. The normalized spacial score (nSPS) is 22.9. The summed E-state index contributed by atoms with van der Waals surface area (Å²) in [5.74, 6) is 0.485. The van der Waals surface area contributed by atoms with E-state index in [1.807, 2.05) is 18.2 Å². The van der Waals surface area contributed by atoms with Crippen LogP contribution in [0.15, 0.2) is 48.5 Å². The van der Waals surface area contributed by atoms with E-state index >= 15 is 0 Å². The SMILES string of the molecule is CCCCN(CC)CCc1ccc(C2CC23C(=O)Nc2ccccc23)cc1. The number of hydrogen-bond donors (Lipinski definition) is 1. The molecule has 1 aliphatic carbocycles. The Morgan fingerprint density at radius 1 is 1.07 bits per heavy atom. The molecule has 2 aromatic carbocycles. The van der Waals surface area contributed by atoms with Crippen LogP contribution in [0.3, 0.4) is 0 Å². The first kappa shape index (κ1) is 18.2. The second-order valence-corrected chi connectivity index (χ2v) is 8.01. The van der Waals surface area contributed by atoms with Crippen LogP contribution in [-0.2, 0) is 16.6 Å². The molecule has 2 aliphatic rings. The van der Waals surface area contributed by atoms with E-state index in [0.717, 1.165) is 31.6 Å². The zero-order chi connectivity index (χ0) is 18.9. The maximum absolute atomic E-state index is 12.6. The molecule has 1 heterocycles. The van der Waals surface area contributed by atoms with Gasteiger partial charge >= 0.3 is 0 Å². The number of hydrogen-bond acceptors (Lipinski definition) is 2. The van der Waals surface area contributed by atoms with Gasteiger partial charge in [0.1, 0.15) is 0 Å². The van der Waals surface area contributed by atoms with Crippen molar-refractivity contribution >= 4 is 11.6 Å². The number of nitrogens with zero attached hydrogens (tertiary/aromatic N) is 1. The maximum atomic E-state index is 12.6. The highest BCUT2D eigenvalue weighted by molar-refractivity contribution is 6.09. The monoisotopic (exact) mass is 362 g/mol. The summed E-state index contributed by atoms with van der Waals surface area (Å²) in [4.78, 5) is 15.2. The Morgan fingerprint density at radius 2 is 1.85 bits per heavy atom. The quantitative estimate of drug-likeness (QED) is 0.736. The summed E-state index contributed by atoms with van der Waals surface area (Å²) in [6.45, 7) is 7.94. The third-order valence-corrected chi connectivity index (χ3v) is 6.40. The van der Waals surface area contributed by atoms with Crippen LogP contribution in [-0.4, -0.2) is 30.4 Å². The van der Waals surface area contributed by atoms with Crippen molar-refractivity contribution in [3.63, 3.8) is 0 Å². The van der Waals surface area contributed by atoms with Crippen LogP contribution in [0.5, 0.6) is 0 Å². The maximum Gasteiger partial charge on any atom is 0.235 e. The molecule has 3 heteroatoms. The molecule has 4 rings (SSSR count). The van der Waals surface area contributed by atoms with E-state index in [-0.39, 0.29) is 11.3 Å². The number of benzene rings is 2. The van der Waals surface area contributed by atoms with Crippen molar-refractivity contribution in [2.45, 2.75) is 50.9 Å². The molecule has 1 amide bonds. The van der Waals surface area contributed by atoms with E-state index in [4.69, 9.17) is 0 Å². The molecule has 2 atom stereocenters. The number of anilines is 1. The fraction of sp³-hybridized carbons (Fsp3) is 0.458. The highest BCUT2D eigenvalue weighted by atomic mass is 16.2. The smallest absolute Gasteiger partial charge is 0.235 e. The number of carbonyl (C=O) groups excluding carboxylic acids is 1. The Kier molecular flexibility index (Phi) is 5.05. The number of nitrogens with one attached hydrogen (secondary N) is 1. The second-order valence-electron chi connectivity index (χ2n) is 8.01. The van der Waals surface area contributed by atoms with Gasteiger partial charge in [-0.1, -0.05) is 62.7 Å². The summed E-state index contributed by atoms with van der Waals surface area (Å²) in [6, 6.07) is 17.1. The van der Waals surface area contributed by atoms with Gasteiger partial charge in [0.05, 0.1) is 5.41 Å². The predicted octanol–water partition coefficient (Wildman–Crippen LogP) is 4.73. The molecule has 2 unspecified atom stereocenters. The van der Waals surface area contributed by atoms with E-state index < -0.39 is 0 Å². The highest BCUT2D eigenvalue weighted by Gasteiger charge is 2.64. The van der Waals surface area contributed by atoms with Crippen LogP contribution in [0.4, 0.5) is 5.69 Å². The molecule has 142 valence electrons. The molecular formula is C24H30N2O. The van der Waals surface area contributed by atoms with Gasteiger partial charge in [-0.2, -0.15) is 0 Å². The summed E-state index contributed by atoms with van der Waals surface area (Å²) in [6.07, 6.45) is 4.55. The van der Waals surface area contributed by atoms with Crippen LogP contribution in [0, 0.1) is 0 Å². The van der Waals surface area contributed by atoms with E-state index in [1.54, 1.807) is 0 Å². The largest absolute Gasteiger partial charge is 0.325 e.